The first-order valence-electron chi connectivity index (χ1n) is 6.94. The van der Waals surface area contributed by atoms with Gasteiger partial charge >= 0.3 is 0 Å². The zero-order valence-corrected chi connectivity index (χ0v) is 13.4. The highest BCUT2D eigenvalue weighted by atomic mass is 32.2. The summed E-state index contributed by atoms with van der Waals surface area (Å²) in [4.78, 5) is 3.09. The lowest BCUT2D eigenvalue weighted by Crippen LogP contribution is -2.50. The highest BCUT2D eigenvalue weighted by Gasteiger charge is 2.27. The minimum absolute atomic E-state index is 0.227. The van der Waals surface area contributed by atoms with Gasteiger partial charge in [0, 0.05) is 37.6 Å². The fraction of sp³-hybridized carbons (Fsp3) is 0.692. The third-order valence-corrected chi connectivity index (χ3v) is 6.54. The van der Waals surface area contributed by atoms with Gasteiger partial charge in [0.25, 0.3) is 0 Å². The molecule has 0 spiro atoms. The monoisotopic (exact) mass is 318 g/mol. The molecule has 0 amide bonds. The molecule has 1 aliphatic heterocycles. The van der Waals surface area contributed by atoms with Gasteiger partial charge in [0.1, 0.15) is 6.10 Å². The Kier molecular flexibility index (Phi) is 5.57. The second kappa shape index (κ2) is 7.00. The van der Waals surface area contributed by atoms with E-state index in [1.807, 2.05) is 24.4 Å². The summed E-state index contributed by atoms with van der Waals surface area (Å²) in [5.74, 6) is 0.227. The summed E-state index contributed by atoms with van der Waals surface area (Å²) >= 11 is 1.55. The van der Waals surface area contributed by atoms with Crippen LogP contribution in [0.15, 0.2) is 17.5 Å². The molecule has 1 N–H and O–H groups in total. The van der Waals surface area contributed by atoms with Gasteiger partial charge < -0.3 is 5.11 Å². The lowest BCUT2D eigenvalue weighted by Gasteiger charge is -2.34. The maximum atomic E-state index is 12.0. The van der Waals surface area contributed by atoms with Gasteiger partial charge in [-0.1, -0.05) is 13.0 Å². The van der Waals surface area contributed by atoms with Crippen LogP contribution in [0.3, 0.4) is 0 Å². The first-order valence-corrected chi connectivity index (χ1v) is 9.43. The molecule has 5 nitrogen and oxygen atoms in total. The van der Waals surface area contributed by atoms with E-state index in [2.05, 4.69) is 4.90 Å². The van der Waals surface area contributed by atoms with Crippen molar-refractivity contribution in [2.75, 3.05) is 38.5 Å². The molecule has 1 aliphatic rings. The second-order valence-electron chi connectivity index (χ2n) is 5.05. The zero-order valence-electron chi connectivity index (χ0n) is 11.7. The fourth-order valence-electron chi connectivity index (χ4n) is 2.39. The maximum absolute atomic E-state index is 12.0. The van der Waals surface area contributed by atoms with E-state index in [4.69, 9.17) is 0 Å². The van der Waals surface area contributed by atoms with Crippen LogP contribution in [0.4, 0.5) is 0 Å². The highest BCUT2D eigenvalue weighted by molar-refractivity contribution is 7.89. The molecule has 1 atom stereocenters. The normalized spacial score (nSPS) is 20.1. The van der Waals surface area contributed by atoms with Crippen molar-refractivity contribution in [3.05, 3.63) is 22.4 Å². The summed E-state index contributed by atoms with van der Waals surface area (Å²) in [5.41, 5.74) is 0. The van der Waals surface area contributed by atoms with Crippen molar-refractivity contribution in [2.24, 2.45) is 0 Å². The number of aliphatic hydroxyl groups is 1. The summed E-state index contributed by atoms with van der Waals surface area (Å²) in [7, 11) is -3.08. The predicted octanol–water partition coefficient (Wildman–Crippen LogP) is 1.14. The molecule has 0 bridgehead atoms. The van der Waals surface area contributed by atoms with Crippen molar-refractivity contribution in [3.8, 4) is 0 Å². The number of rotatable bonds is 6. The number of hydrogen-bond donors (Lipinski definition) is 1. The van der Waals surface area contributed by atoms with Gasteiger partial charge in [0.2, 0.25) is 10.0 Å². The van der Waals surface area contributed by atoms with E-state index in [-0.39, 0.29) is 5.75 Å². The molecule has 114 valence electrons. The second-order valence-corrected chi connectivity index (χ2v) is 8.11. The molecule has 20 heavy (non-hydrogen) atoms. The van der Waals surface area contributed by atoms with Crippen molar-refractivity contribution in [1.82, 2.24) is 9.21 Å². The molecular formula is C13H22N2O3S2. The lowest BCUT2D eigenvalue weighted by atomic mass is 10.2. The Morgan fingerprint density at radius 1 is 1.35 bits per heavy atom. The van der Waals surface area contributed by atoms with Crippen LogP contribution in [0.5, 0.6) is 0 Å². The van der Waals surface area contributed by atoms with Crippen molar-refractivity contribution in [2.45, 2.75) is 19.4 Å². The standard InChI is InChI=1S/C13H22N2O3S2/c1-2-10-20(17,18)15-7-5-14(6-8-15)11-12(16)13-4-3-9-19-13/h3-4,9,12,16H,2,5-8,10-11H2,1H3. The van der Waals surface area contributed by atoms with Crippen LogP contribution in [0, 0.1) is 0 Å². The smallest absolute Gasteiger partial charge is 0.214 e. The van der Waals surface area contributed by atoms with Gasteiger partial charge in [-0.25, -0.2) is 8.42 Å². The van der Waals surface area contributed by atoms with Crippen molar-refractivity contribution >= 4 is 21.4 Å². The summed E-state index contributed by atoms with van der Waals surface area (Å²) in [6.07, 6.45) is 0.174. The summed E-state index contributed by atoms with van der Waals surface area (Å²) in [5, 5.41) is 12.1. The summed E-state index contributed by atoms with van der Waals surface area (Å²) in [6, 6.07) is 3.86. The minimum atomic E-state index is -3.08. The van der Waals surface area contributed by atoms with Crippen molar-refractivity contribution in [1.29, 1.82) is 0 Å². The van der Waals surface area contributed by atoms with Crippen LogP contribution < -0.4 is 0 Å². The molecule has 1 fully saturated rings. The number of β-amino-alcohol motifs (C(OH)–C–C–N with tert-alkyl or cyclic N) is 1. The number of nitrogens with zero attached hydrogens (tertiary/aromatic N) is 2. The Hall–Kier alpha value is -0.470. The number of piperazine rings is 1. The molecule has 0 radical (unpaired) electrons. The number of hydrogen-bond acceptors (Lipinski definition) is 5. The van der Waals surface area contributed by atoms with Crippen LogP contribution in [0.1, 0.15) is 24.3 Å². The fourth-order valence-corrected chi connectivity index (χ4v) is 4.59. The Labute approximate surface area is 124 Å². The Morgan fingerprint density at radius 3 is 2.60 bits per heavy atom. The molecule has 7 heteroatoms. The number of thiophene rings is 1. The van der Waals surface area contributed by atoms with Crippen LogP contribution >= 0.6 is 11.3 Å². The first kappa shape index (κ1) is 15.9. The van der Waals surface area contributed by atoms with Gasteiger partial charge in [-0.3, -0.25) is 4.90 Å². The van der Waals surface area contributed by atoms with E-state index < -0.39 is 16.1 Å². The van der Waals surface area contributed by atoms with Gasteiger partial charge in [0.05, 0.1) is 5.75 Å². The number of aliphatic hydroxyl groups excluding tert-OH is 1. The average molecular weight is 318 g/mol. The van der Waals surface area contributed by atoms with E-state index >= 15 is 0 Å². The van der Waals surface area contributed by atoms with Crippen molar-refractivity contribution < 1.29 is 13.5 Å². The van der Waals surface area contributed by atoms with Crippen LogP contribution in [0.25, 0.3) is 0 Å². The largest absolute Gasteiger partial charge is 0.386 e. The summed E-state index contributed by atoms with van der Waals surface area (Å²) in [6.45, 7) is 4.88. The third-order valence-electron chi connectivity index (χ3n) is 3.49. The molecule has 2 heterocycles. The molecule has 1 unspecified atom stereocenters. The van der Waals surface area contributed by atoms with Crippen molar-refractivity contribution in [3.63, 3.8) is 0 Å². The Morgan fingerprint density at radius 2 is 2.05 bits per heavy atom. The van der Waals surface area contributed by atoms with E-state index in [9.17, 15) is 13.5 Å². The van der Waals surface area contributed by atoms with Gasteiger partial charge in [0.15, 0.2) is 0 Å². The van der Waals surface area contributed by atoms with Crippen LogP contribution in [-0.4, -0.2) is 61.2 Å². The molecule has 0 aliphatic carbocycles. The summed E-state index contributed by atoms with van der Waals surface area (Å²) < 4.78 is 25.5. The van der Waals surface area contributed by atoms with Crippen LogP contribution in [-0.2, 0) is 10.0 Å². The molecule has 0 aromatic carbocycles. The quantitative estimate of drug-likeness (QED) is 0.854. The zero-order chi connectivity index (χ0) is 14.6. The lowest BCUT2D eigenvalue weighted by molar-refractivity contribution is 0.0942. The van der Waals surface area contributed by atoms with Crippen LogP contribution in [0.2, 0.25) is 0 Å². The topological polar surface area (TPSA) is 60.9 Å². The third kappa shape index (κ3) is 4.02. The highest BCUT2D eigenvalue weighted by Crippen LogP contribution is 2.20. The van der Waals surface area contributed by atoms with E-state index in [1.54, 1.807) is 15.6 Å². The van der Waals surface area contributed by atoms with E-state index in [1.165, 1.54) is 0 Å². The SMILES string of the molecule is CCCS(=O)(=O)N1CCN(CC(O)c2cccs2)CC1. The molecule has 1 saturated heterocycles. The minimum Gasteiger partial charge on any atom is -0.386 e. The number of sulfonamides is 1. The average Bonchev–Trinajstić information content (AvgIpc) is 2.93. The molecule has 1 aromatic rings. The van der Waals surface area contributed by atoms with Gasteiger partial charge in [-0.05, 0) is 17.9 Å². The molecular weight excluding hydrogens is 296 g/mol. The Bertz CT molecular complexity index is 494. The van der Waals surface area contributed by atoms with E-state index in [0.717, 1.165) is 4.88 Å². The molecule has 0 saturated carbocycles. The first-order chi connectivity index (χ1) is 9.53. The Balaban J connectivity index is 1.83. The van der Waals surface area contributed by atoms with Gasteiger partial charge in [-0.15, -0.1) is 11.3 Å². The predicted molar refractivity (Wildman–Crippen MR) is 81.4 cm³/mol. The molecule has 2 rings (SSSR count). The maximum Gasteiger partial charge on any atom is 0.214 e. The molecule has 1 aromatic heterocycles. The van der Waals surface area contributed by atoms with Gasteiger partial charge in [-0.2, -0.15) is 4.31 Å². The van der Waals surface area contributed by atoms with E-state index in [0.29, 0.717) is 39.1 Å².